The summed E-state index contributed by atoms with van der Waals surface area (Å²) in [6, 6.07) is 16.9. The van der Waals surface area contributed by atoms with Crippen LogP contribution in [0.5, 0.6) is 0 Å². The van der Waals surface area contributed by atoms with E-state index in [1.807, 2.05) is 0 Å². The average molecular weight is 400 g/mol. The van der Waals surface area contributed by atoms with Crippen LogP contribution in [-0.2, 0) is 18.9 Å². The van der Waals surface area contributed by atoms with Crippen molar-refractivity contribution in [2.24, 2.45) is 0 Å². The molecule has 1 unspecified atom stereocenters. The molecule has 1 aliphatic rings. The second-order valence-electron chi connectivity index (χ2n) is 7.06. The molecule has 5 atom stereocenters. The largest absolute Gasteiger partial charge is 0.456 e. The number of rotatable bonds is 6. The highest BCUT2D eigenvalue weighted by Gasteiger charge is 2.58. The number of ether oxygens (including phenoxy) is 4. The number of hydrogen-bond donors (Lipinski definition) is 1. The minimum absolute atomic E-state index is 0.330. The van der Waals surface area contributed by atoms with Gasteiger partial charge < -0.3 is 24.1 Å². The van der Waals surface area contributed by atoms with E-state index in [0.29, 0.717) is 11.1 Å². The zero-order valence-electron chi connectivity index (χ0n) is 16.5. The molecular formula is C22H24O7. The summed E-state index contributed by atoms with van der Waals surface area (Å²) in [5, 5.41) is 10.9. The van der Waals surface area contributed by atoms with Gasteiger partial charge >= 0.3 is 11.9 Å². The van der Waals surface area contributed by atoms with Crippen LogP contribution in [0, 0.1) is 0 Å². The van der Waals surface area contributed by atoms with E-state index in [-0.39, 0.29) is 0 Å². The number of hydrogen-bond acceptors (Lipinski definition) is 7. The van der Waals surface area contributed by atoms with Gasteiger partial charge in [-0.1, -0.05) is 36.4 Å². The highest BCUT2D eigenvalue weighted by atomic mass is 16.7. The summed E-state index contributed by atoms with van der Waals surface area (Å²) in [6.45, 7) is 3.07. The Morgan fingerprint density at radius 3 is 2.03 bits per heavy atom. The Morgan fingerprint density at radius 2 is 1.52 bits per heavy atom. The van der Waals surface area contributed by atoms with Crippen LogP contribution in [0.15, 0.2) is 60.7 Å². The molecule has 0 amide bonds. The molecule has 29 heavy (non-hydrogen) atoms. The Hall–Kier alpha value is -2.74. The Kier molecular flexibility index (Phi) is 6.32. The van der Waals surface area contributed by atoms with Crippen molar-refractivity contribution in [1.29, 1.82) is 0 Å². The van der Waals surface area contributed by atoms with E-state index in [1.54, 1.807) is 67.6 Å². The molecule has 3 rings (SSSR count). The number of carbonyl (C=O) groups is 2. The van der Waals surface area contributed by atoms with Gasteiger partial charge in [0.15, 0.2) is 18.0 Å². The lowest BCUT2D eigenvalue weighted by Crippen LogP contribution is -2.50. The summed E-state index contributed by atoms with van der Waals surface area (Å²) >= 11 is 0. The molecule has 2 aromatic rings. The molecule has 1 aliphatic heterocycles. The predicted molar refractivity (Wildman–Crippen MR) is 103 cm³/mol. The summed E-state index contributed by atoms with van der Waals surface area (Å²) in [4.78, 5) is 25.0. The van der Waals surface area contributed by atoms with Gasteiger partial charge in [-0.3, -0.25) is 0 Å². The zero-order chi connectivity index (χ0) is 21.0. The molecule has 7 nitrogen and oxygen atoms in total. The van der Waals surface area contributed by atoms with Crippen molar-refractivity contribution < 1.29 is 33.6 Å². The quantitative estimate of drug-likeness (QED) is 0.745. The van der Waals surface area contributed by atoms with Gasteiger partial charge in [0.05, 0.1) is 11.1 Å². The van der Waals surface area contributed by atoms with E-state index in [2.05, 4.69) is 0 Å². The first-order chi connectivity index (χ1) is 13.8. The van der Waals surface area contributed by atoms with Crippen LogP contribution in [0.25, 0.3) is 0 Å². The molecule has 154 valence electrons. The highest BCUT2D eigenvalue weighted by Crippen LogP contribution is 2.36. The molecule has 0 bridgehead atoms. The normalized spacial score (nSPS) is 27.2. The molecule has 0 radical (unpaired) electrons. The van der Waals surface area contributed by atoms with E-state index in [9.17, 15) is 14.7 Å². The summed E-state index contributed by atoms with van der Waals surface area (Å²) in [6.07, 6.45) is -3.91. The fraction of sp³-hybridized carbons (Fsp3) is 0.364. The second kappa shape index (κ2) is 8.73. The van der Waals surface area contributed by atoms with Gasteiger partial charge in [0.2, 0.25) is 0 Å². The van der Waals surface area contributed by atoms with Crippen LogP contribution in [0.4, 0.5) is 0 Å². The lowest BCUT2D eigenvalue weighted by Gasteiger charge is -2.30. The maximum atomic E-state index is 12.6. The Labute approximate surface area is 169 Å². The maximum absolute atomic E-state index is 12.6. The lowest BCUT2D eigenvalue weighted by molar-refractivity contribution is -0.190. The van der Waals surface area contributed by atoms with Gasteiger partial charge in [-0.25, -0.2) is 9.59 Å². The molecule has 1 fully saturated rings. The van der Waals surface area contributed by atoms with Gasteiger partial charge in [0.25, 0.3) is 0 Å². The molecule has 0 aliphatic carbocycles. The van der Waals surface area contributed by atoms with Gasteiger partial charge in [-0.05, 0) is 38.1 Å². The third-order valence-electron chi connectivity index (χ3n) is 4.85. The lowest BCUT2D eigenvalue weighted by atomic mass is 9.95. The molecule has 1 N–H and O–H groups in total. The molecule has 7 heteroatoms. The number of aliphatic hydroxyl groups is 1. The number of esters is 2. The van der Waals surface area contributed by atoms with E-state index >= 15 is 0 Å². The number of methoxy groups -OCH3 is 1. The van der Waals surface area contributed by atoms with Crippen molar-refractivity contribution in [3.63, 3.8) is 0 Å². The van der Waals surface area contributed by atoms with Crippen molar-refractivity contribution in [2.45, 2.75) is 44.1 Å². The Bertz CT molecular complexity index is 835. The molecular weight excluding hydrogens is 376 g/mol. The molecule has 1 saturated heterocycles. The van der Waals surface area contributed by atoms with Crippen LogP contribution in [0.2, 0.25) is 0 Å². The molecule has 1 heterocycles. The summed E-state index contributed by atoms with van der Waals surface area (Å²) in [7, 11) is 1.37. The first kappa shape index (κ1) is 21.0. The molecule has 0 saturated carbocycles. The first-order valence-electron chi connectivity index (χ1n) is 9.27. The molecule has 0 spiro atoms. The summed E-state index contributed by atoms with van der Waals surface area (Å²) in [5.74, 6) is -1.17. The average Bonchev–Trinajstić information content (AvgIpc) is 2.99. The predicted octanol–water partition coefficient (Wildman–Crippen LogP) is 2.58. The highest BCUT2D eigenvalue weighted by molar-refractivity contribution is 5.90. The van der Waals surface area contributed by atoms with Gasteiger partial charge in [0.1, 0.15) is 12.2 Å². The topological polar surface area (TPSA) is 91.3 Å². The SMILES string of the molecule is COC1O[C@H]([C@H](C)OC(=O)c2ccccc2)[C@@H](OC(=O)c2ccccc2)[C@@]1(C)O. The minimum Gasteiger partial charge on any atom is -0.456 e. The van der Waals surface area contributed by atoms with Gasteiger partial charge in [-0.15, -0.1) is 0 Å². The molecule has 0 aromatic heterocycles. The fourth-order valence-electron chi connectivity index (χ4n) is 3.29. The first-order valence-corrected chi connectivity index (χ1v) is 9.27. The molecule has 2 aromatic carbocycles. The van der Waals surface area contributed by atoms with E-state index in [4.69, 9.17) is 18.9 Å². The van der Waals surface area contributed by atoms with Crippen LogP contribution in [0.1, 0.15) is 34.6 Å². The van der Waals surface area contributed by atoms with Crippen molar-refractivity contribution in [3.8, 4) is 0 Å². The van der Waals surface area contributed by atoms with E-state index in [1.165, 1.54) is 14.0 Å². The van der Waals surface area contributed by atoms with Crippen molar-refractivity contribution >= 4 is 11.9 Å². The zero-order valence-corrected chi connectivity index (χ0v) is 16.5. The second-order valence-corrected chi connectivity index (χ2v) is 7.06. The van der Waals surface area contributed by atoms with Gasteiger partial charge in [0, 0.05) is 7.11 Å². The van der Waals surface area contributed by atoms with Crippen LogP contribution in [0.3, 0.4) is 0 Å². The third-order valence-corrected chi connectivity index (χ3v) is 4.85. The van der Waals surface area contributed by atoms with Gasteiger partial charge in [-0.2, -0.15) is 0 Å². The van der Waals surface area contributed by atoms with E-state index < -0.39 is 42.1 Å². The van der Waals surface area contributed by atoms with Crippen LogP contribution in [-0.4, -0.2) is 54.4 Å². The third kappa shape index (κ3) is 4.48. The van der Waals surface area contributed by atoms with Crippen molar-refractivity contribution in [3.05, 3.63) is 71.8 Å². The van der Waals surface area contributed by atoms with E-state index in [0.717, 1.165) is 0 Å². The smallest absolute Gasteiger partial charge is 0.338 e. The van der Waals surface area contributed by atoms with Crippen LogP contribution >= 0.6 is 0 Å². The number of benzene rings is 2. The summed E-state index contributed by atoms with van der Waals surface area (Å²) < 4.78 is 22.0. The standard InChI is InChI=1S/C22H24O7/c1-14(27-19(23)15-10-6-4-7-11-15)17-18(22(2,25)21(26-3)28-17)29-20(24)16-12-8-5-9-13-16/h4-14,17-18,21,25H,1-3H3/t14-,17+,18+,21?,22+/m0/s1. The van der Waals surface area contributed by atoms with Crippen molar-refractivity contribution in [2.75, 3.05) is 7.11 Å². The Morgan fingerprint density at radius 1 is 1.00 bits per heavy atom. The van der Waals surface area contributed by atoms with Crippen molar-refractivity contribution in [1.82, 2.24) is 0 Å². The fourth-order valence-corrected chi connectivity index (χ4v) is 3.29. The monoisotopic (exact) mass is 400 g/mol. The summed E-state index contributed by atoms with van der Waals surface area (Å²) in [5.41, 5.74) is -0.931. The van der Waals surface area contributed by atoms with Crippen LogP contribution < -0.4 is 0 Å². The minimum atomic E-state index is -1.64. The maximum Gasteiger partial charge on any atom is 0.338 e. The Balaban J connectivity index is 1.79. The number of carbonyl (C=O) groups excluding carboxylic acids is 2.